The van der Waals surface area contributed by atoms with Gasteiger partial charge in [-0.2, -0.15) is 35.8 Å². The van der Waals surface area contributed by atoms with E-state index in [0.29, 0.717) is 50.9 Å². The zero-order chi connectivity index (χ0) is 37.2. The molecule has 0 aromatic heterocycles. The number of amides is 1. The van der Waals surface area contributed by atoms with Crippen molar-refractivity contribution in [3.05, 3.63) is 132 Å². The normalized spacial score (nSPS) is 11.7. The molecule has 53 heavy (non-hydrogen) atoms. The summed E-state index contributed by atoms with van der Waals surface area (Å²) < 4.78 is 0. The molecule has 13 nitrogen and oxygen atoms in total. The SMILES string of the molecule is Cc1cc(N=Nc2ccc3cc(N=Nc4ccc(NC(=O)CCC(=O)O)cc4)ccc3c2O)c(C)cc1N=Nc1ccc(N=Nc2ccccc2)cc1. The third-order valence-corrected chi connectivity index (χ3v) is 7.89. The fourth-order valence-corrected chi connectivity index (χ4v) is 5.02. The lowest BCUT2D eigenvalue weighted by Crippen LogP contribution is -2.12. The molecule has 0 aliphatic carbocycles. The summed E-state index contributed by atoms with van der Waals surface area (Å²) in [4.78, 5) is 22.5. The Bertz CT molecular complexity index is 2390. The predicted octanol–water partition coefficient (Wildman–Crippen LogP) is 12.6. The van der Waals surface area contributed by atoms with Gasteiger partial charge in [-0.05, 0) is 127 Å². The standard InChI is InChI=1S/C40H33N9O4/c1-25-23-37(26(2)22-36(25)48-45-32-15-13-31(14-16-32)43-42-29-6-4-3-5-7-29)49-47-35-19-8-27-24-33(17-18-34(27)40(35)53)46-44-30-11-9-28(10-12-30)41-38(50)20-21-39(51)52/h3-19,22-24,53H,20-21H2,1-2H3,(H,41,50)(H,51,52). The molecule has 1 amide bonds. The van der Waals surface area contributed by atoms with E-state index in [1.165, 1.54) is 0 Å². The summed E-state index contributed by atoms with van der Waals surface area (Å²) in [5, 5.41) is 58.3. The van der Waals surface area contributed by atoms with Crippen LogP contribution in [0.2, 0.25) is 0 Å². The van der Waals surface area contributed by atoms with E-state index in [-0.39, 0.29) is 24.5 Å². The number of aryl methyl sites for hydroxylation is 2. The van der Waals surface area contributed by atoms with Crippen LogP contribution < -0.4 is 5.32 Å². The molecule has 13 heteroatoms. The van der Waals surface area contributed by atoms with Crippen LogP contribution in [0.4, 0.5) is 51.2 Å². The highest BCUT2D eigenvalue weighted by Crippen LogP contribution is 2.38. The minimum atomic E-state index is -1.03. The van der Waals surface area contributed by atoms with Gasteiger partial charge < -0.3 is 15.5 Å². The second-order valence-electron chi connectivity index (χ2n) is 11.9. The Morgan fingerprint density at radius 2 is 1.02 bits per heavy atom. The van der Waals surface area contributed by atoms with Crippen LogP contribution in [-0.4, -0.2) is 22.1 Å². The van der Waals surface area contributed by atoms with Crippen LogP contribution in [0.5, 0.6) is 5.75 Å². The van der Waals surface area contributed by atoms with E-state index in [9.17, 15) is 14.7 Å². The summed E-state index contributed by atoms with van der Waals surface area (Å²) >= 11 is 0. The number of carbonyl (C=O) groups excluding carboxylic acids is 1. The number of phenols is 1. The molecular weight excluding hydrogens is 670 g/mol. The number of nitrogens with one attached hydrogen (secondary N) is 1. The van der Waals surface area contributed by atoms with Gasteiger partial charge in [0.05, 0.1) is 46.2 Å². The van der Waals surface area contributed by atoms with Crippen molar-refractivity contribution in [2.75, 3.05) is 5.32 Å². The molecule has 0 fully saturated rings. The van der Waals surface area contributed by atoms with E-state index in [1.54, 1.807) is 48.5 Å². The molecule has 0 heterocycles. The largest absolute Gasteiger partial charge is 0.505 e. The van der Waals surface area contributed by atoms with Gasteiger partial charge in [0.2, 0.25) is 5.91 Å². The summed E-state index contributed by atoms with van der Waals surface area (Å²) in [7, 11) is 0. The Morgan fingerprint density at radius 1 is 0.528 bits per heavy atom. The minimum Gasteiger partial charge on any atom is -0.505 e. The van der Waals surface area contributed by atoms with E-state index in [2.05, 4.69) is 46.2 Å². The zero-order valence-corrected chi connectivity index (χ0v) is 28.7. The fourth-order valence-electron chi connectivity index (χ4n) is 5.02. The maximum atomic E-state index is 11.9. The number of fused-ring (bicyclic) bond motifs is 1. The van der Waals surface area contributed by atoms with E-state index >= 15 is 0 Å². The van der Waals surface area contributed by atoms with Crippen LogP contribution >= 0.6 is 0 Å². The molecule has 0 aliphatic heterocycles. The van der Waals surface area contributed by atoms with Crippen molar-refractivity contribution in [3.63, 3.8) is 0 Å². The second-order valence-corrected chi connectivity index (χ2v) is 11.9. The van der Waals surface area contributed by atoms with Crippen molar-refractivity contribution < 1.29 is 19.8 Å². The summed E-state index contributed by atoms with van der Waals surface area (Å²) in [5.74, 6) is -1.42. The van der Waals surface area contributed by atoms with Gasteiger partial charge >= 0.3 is 5.97 Å². The maximum absolute atomic E-state index is 11.9. The highest BCUT2D eigenvalue weighted by molar-refractivity contribution is 5.94. The highest BCUT2D eigenvalue weighted by Gasteiger charge is 2.10. The molecule has 0 atom stereocenters. The number of carbonyl (C=O) groups is 2. The molecule has 0 spiro atoms. The average molecular weight is 704 g/mol. The molecule has 0 saturated heterocycles. The lowest BCUT2D eigenvalue weighted by Gasteiger charge is -2.06. The van der Waals surface area contributed by atoms with Gasteiger partial charge in [0.25, 0.3) is 0 Å². The average Bonchev–Trinajstić information content (AvgIpc) is 3.17. The Labute approximate surface area is 304 Å². The Balaban J connectivity index is 1.08. The van der Waals surface area contributed by atoms with Gasteiger partial charge in [0.1, 0.15) is 5.69 Å². The lowest BCUT2D eigenvalue weighted by atomic mass is 10.1. The number of phenolic OH excluding ortho intramolecular Hbond substituents is 1. The number of anilines is 1. The molecular formula is C40H33N9O4. The third kappa shape index (κ3) is 9.70. The minimum absolute atomic E-state index is 0.0110. The molecule has 0 radical (unpaired) electrons. The Morgan fingerprint density at radius 3 is 1.62 bits per heavy atom. The molecule has 6 rings (SSSR count). The second kappa shape index (κ2) is 16.6. The van der Waals surface area contributed by atoms with Crippen molar-refractivity contribution in [1.29, 1.82) is 0 Å². The quantitative estimate of drug-likeness (QED) is 0.107. The summed E-state index contributed by atoms with van der Waals surface area (Å²) in [6.45, 7) is 3.83. The number of hydrogen-bond acceptors (Lipinski definition) is 11. The molecule has 3 N–H and O–H groups in total. The number of hydrogen-bond donors (Lipinski definition) is 3. The maximum Gasteiger partial charge on any atom is 0.303 e. The molecule has 6 aromatic rings. The molecule has 0 bridgehead atoms. The van der Waals surface area contributed by atoms with Gasteiger partial charge in [-0.15, -0.1) is 5.11 Å². The number of rotatable bonds is 12. The smallest absolute Gasteiger partial charge is 0.303 e. The van der Waals surface area contributed by atoms with Crippen LogP contribution in [0.1, 0.15) is 24.0 Å². The van der Waals surface area contributed by atoms with Crippen LogP contribution in [-0.2, 0) is 9.59 Å². The van der Waals surface area contributed by atoms with E-state index in [1.807, 2.05) is 86.6 Å². The van der Waals surface area contributed by atoms with Crippen LogP contribution in [0, 0.1) is 13.8 Å². The van der Waals surface area contributed by atoms with Crippen molar-refractivity contribution in [2.45, 2.75) is 26.7 Å². The number of carboxylic acid groups (broad SMARTS) is 1. The van der Waals surface area contributed by atoms with Crippen LogP contribution in [0.15, 0.2) is 162 Å². The van der Waals surface area contributed by atoms with Gasteiger partial charge in [0, 0.05) is 17.5 Å². The van der Waals surface area contributed by atoms with Gasteiger partial charge in [-0.1, -0.05) is 24.3 Å². The number of aromatic hydroxyl groups is 1. The first-order chi connectivity index (χ1) is 25.7. The molecule has 262 valence electrons. The number of carboxylic acids is 1. The first-order valence-corrected chi connectivity index (χ1v) is 16.5. The van der Waals surface area contributed by atoms with Gasteiger partial charge in [-0.25, -0.2) is 0 Å². The monoisotopic (exact) mass is 703 g/mol. The van der Waals surface area contributed by atoms with E-state index in [4.69, 9.17) is 5.11 Å². The number of nitrogens with zero attached hydrogens (tertiary/aromatic N) is 8. The van der Waals surface area contributed by atoms with Gasteiger partial charge in [0.15, 0.2) is 5.75 Å². The molecule has 0 aliphatic rings. The first kappa shape index (κ1) is 35.5. The Hall–Kier alpha value is -7.28. The molecule has 6 aromatic carbocycles. The number of aliphatic carboxylic acids is 1. The van der Waals surface area contributed by atoms with E-state index in [0.717, 1.165) is 22.2 Å². The summed E-state index contributed by atoms with van der Waals surface area (Å²) in [5.41, 5.74) is 7.18. The summed E-state index contributed by atoms with van der Waals surface area (Å²) in [6.07, 6.45) is -0.343. The van der Waals surface area contributed by atoms with Crippen molar-refractivity contribution in [1.82, 2.24) is 0 Å². The van der Waals surface area contributed by atoms with Crippen molar-refractivity contribution in [2.24, 2.45) is 40.9 Å². The summed E-state index contributed by atoms with van der Waals surface area (Å²) in [6, 6.07) is 36.1. The molecule has 0 saturated carbocycles. The Kier molecular flexibility index (Phi) is 11.1. The number of benzene rings is 6. The molecule has 0 unspecified atom stereocenters. The first-order valence-electron chi connectivity index (χ1n) is 16.5. The number of azo groups is 4. The fraction of sp³-hybridized carbons (Fsp3) is 0.100. The van der Waals surface area contributed by atoms with Crippen molar-refractivity contribution >= 4 is 73.8 Å². The van der Waals surface area contributed by atoms with Crippen molar-refractivity contribution in [3.8, 4) is 5.75 Å². The van der Waals surface area contributed by atoms with Gasteiger partial charge in [-0.3, -0.25) is 9.59 Å². The lowest BCUT2D eigenvalue weighted by molar-refractivity contribution is -0.138. The third-order valence-electron chi connectivity index (χ3n) is 7.89. The van der Waals surface area contributed by atoms with E-state index < -0.39 is 5.97 Å². The predicted molar refractivity (Wildman–Crippen MR) is 203 cm³/mol. The van der Waals surface area contributed by atoms with Crippen LogP contribution in [0.3, 0.4) is 0 Å². The highest BCUT2D eigenvalue weighted by atomic mass is 16.4. The van der Waals surface area contributed by atoms with Crippen LogP contribution in [0.25, 0.3) is 10.8 Å². The zero-order valence-electron chi connectivity index (χ0n) is 28.7. The topological polar surface area (TPSA) is 186 Å².